The van der Waals surface area contributed by atoms with Gasteiger partial charge in [-0.2, -0.15) is 5.26 Å². The summed E-state index contributed by atoms with van der Waals surface area (Å²) in [6, 6.07) is 2.36. The van der Waals surface area contributed by atoms with Crippen molar-refractivity contribution in [2.75, 3.05) is 0 Å². The van der Waals surface area contributed by atoms with Gasteiger partial charge in [-0.1, -0.05) is 39.5 Å². The SMILES string of the molecule is CC1(C)CCC(C#N)(CCC2CCCC2)C1=O. The predicted molar refractivity (Wildman–Crippen MR) is 67.3 cm³/mol. The number of carbonyl (C=O) groups is 1. The molecule has 0 aliphatic heterocycles. The summed E-state index contributed by atoms with van der Waals surface area (Å²) >= 11 is 0. The molecule has 0 aromatic carbocycles. The maximum atomic E-state index is 12.4. The Kier molecular flexibility index (Phi) is 3.30. The van der Waals surface area contributed by atoms with Crippen molar-refractivity contribution in [2.45, 2.75) is 65.2 Å². The average molecular weight is 233 g/mol. The number of carbonyl (C=O) groups excluding carboxylic acids is 1. The van der Waals surface area contributed by atoms with E-state index in [2.05, 4.69) is 6.07 Å². The highest BCUT2D eigenvalue weighted by Crippen LogP contribution is 2.49. The third-order valence-electron chi connectivity index (χ3n) is 4.89. The molecular formula is C15H23NO. The Balaban J connectivity index is 2.01. The highest BCUT2D eigenvalue weighted by atomic mass is 16.1. The van der Waals surface area contributed by atoms with Crippen LogP contribution in [0.5, 0.6) is 0 Å². The minimum Gasteiger partial charge on any atom is -0.297 e. The molecule has 0 spiro atoms. The Morgan fingerprint density at radius 3 is 2.41 bits per heavy atom. The van der Waals surface area contributed by atoms with E-state index in [4.69, 9.17) is 0 Å². The second-order valence-corrected chi connectivity index (χ2v) is 6.60. The van der Waals surface area contributed by atoms with Crippen molar-refractivity contribution in [3.8, 4) is 6.07 Å². The maximum Gasteiger partial charge on any atom is 0.158 e. The topological polar surface area (TPSA) is 40.9 Å². The van der Waals surface area contributed by atoms with Gasteiger partial charge in [0.05, 0.1) is 6.07 Å². The van der Waals surface area contributed by atoms with Crippen molar-refractivity contribution in [1.29, 1.82) is 5.26 Å². The van der Waals surface area contributed by atoms with Gasteiger partial charge in [-0.3, -0.25) is 4.79 Å². The maximum absolute atomic E-state index is 12.4. The van der Waals surface area contributed by atoms with Crippen LogP contribution in [-0.4, -0.2) is 5.78 Å². The normalized spacial score (nSPS) is 32.9. The van der Waals surface area contributed by atoms with Crippen LogP contribution in [-0.2, 0) is 4.79 Å². The molecule has 0 bridgehead atoms. The van der Waals surface area contributed by atoms with Crippen LogP contribution in [0.15, 0.2) is 0 Å². The standard InChI is InChI=1S/C15H23NO/c1-14(2)9-10-15(11-16,13(14)17)8-7-12-5-3-4-6-12/h12H,3-10H2,1-2H3. The minimum atomic E-state index is -0.647. The fourth-order valence-electron chi connectivity index (χ4n) is 3.55. The van der Waals surface area contributed by atoms with Crippen LogP contribution in [0.1, 0.15) is 65.2 Å². The lowest BCUT2D eigenvalue weighted by Gasteiger charge is -2.23. The van der Waals surface area contributed by atoms with Crippen molar-refractivity contribution in [3.05, 3.63) is 0 Å². The van der Waals surface area contributed by atoms with Gasteiger partial charge >= 0.3 is 0 Å². The summed E-state index contributed by atoms with van der Waals surface area (Å²) in [5, 5.41) is 9.42. The van der Waals surface area contributed by atoms with Crippen LogP contribution >= 0.6 is 0 Å². The second-order valence-electron chi connectivity index (χ2n) is 6.60. The third kappa shape index (κ3) is 2.25. The molecule has 2 nitrogen and oxygen atoms in total. The van der Waals surface area contributed by atoms with Crippen molar-refractivity contribution < 1.29 is 4.79 Å². The summed E-state index contributed by atoms with van der Waals surface area (Å²) in [4.78, 5) is 12.4. The zero-order valence-electron chi connectivity index (χ0n) is 11.1. The van der Waals surface area contributed by atoms with Gasteiger partial charge in [0.25, 0.3) is 0 Å². The van der Waals surface area contributed by atoms with Crippen molar-refractivity contribution in [1.82, 2.24) is 0 Å². The van der Waals surface area contributed by atoms with Crippen molar-refractivity contribution in [3.63, 3.8) is 0 Å². The van der Waals surface area contributed by atoms with Crippen LogP contribution in [0.4, 0.5) is 0 Å². The van der Waals surface area contributed by atoms with E-state index < -0.39 is 5.41 Å². The van der Waals surface area contributed by atoms with E-state index in [0.717, 1.165) is 31.6 Å². The molecule has 2 aliphatic carbocycles. The molecule has 0 aromatic rings. The van der Waals surface area contributed by atoms with Gasteiger partial charge in [-0.25, -0.2) is 0 Å². The van der Waals surface area contributed by atoms with E-state index in [-0.39, 0.29) is 11.2 Å². The van der Waals surface area contributed by atoms with E-state index in [1.807, 2.05) is 13.8 Å². The van der Waals surface area contributed by atoms with E-state index in [9.17, 15) is 10.1 Å². The van der Waals surface area contributed by atoms with E-state index >= 15 is 0 Å². The number of Topliss-reactive ketones (excluding diaryl/α,β-unsaturated/α-hetero) is 1. The number of ketones is 1. The summed E-state index contributed by atoms with van der Waals surface area (Å²) in [6.45, 7) is 3.98. The Labute approximate surface area is 104 Å². The molecule has 17 heavy (non-hydrogen) atoms. The van der Waals surface area contributed by atoms with Crippen LogP contribution < -0.4 is 0 Å². The summed E-state index contributed by atoms with van der Waals surface area (Å²) in [6.07, 6.45) is 8.82. The van der Waals surface area contributed by atoms with Crippen molar-refractivity contribution in [2.24, 2.45) is 16.7 Å². The van der Waals surface area contributed by atoms with Crippen molar-refractivity contribution >= 4 is 5.78 Å². The zero-order valence-corrected chi connectivity index (χ0v) is 11.1. The first kappa shape index (κ1) is 12.6. The van der Waals surface area contributed by atoms with Gasteiger partial charge in [-0.15, -0.1) is 0 Å². The van der Waals surface area contributed by atoms with Gasteiger partial charge in [-0.05, 0) is 31.6 Å². The van der Waals surface area contributed by atoms with Crippen LogP contribution in [0, 0.1) is 28.1 Å². The Morgan fingerprint density at radius 1 is 1.29 bits per heavy atom. The quantitative estimate of drug-likeness (QED) is 0.742. The number of hydrogen-bond donors (Lipinski definition) is 0. The lowest BCUT2D eigenvalue weighted by molar-refractivity contribution is -0.130. The molecule has 0 radical (unpaired) electrons. The van der Waals surface area contributed by atoms with E-state index in [0.29, 0.717) is 0 Å². The van der Waals surface area contributed by atoms with Crippen LogP contribution in [0.25, 0.3) is 0 Å². The summed E-state index contributed by atoms with van der Waals surface area (Å²) in [5.41, 5.74) is -0.919. The molecule has 2 fully saturated rings. The Bertz CT molecular complexity index is 346. The zero-order chi connectivity index (χ0) is 12.5. The largest absolute Gasteiger partial charge is 0.297 e. The molecule has 0 N–H and O–H groups in total. The Hall–Kier alpha value is -0.840. The summed E-state index contributed by atoms with van der Waals surface area (Å²) in [5.74, 6) is 0.974. The molecule has 0 heterocycles. The van der Waals surface area contributed by atoms with Gasteiger partial charge in [0.1, 0.15) is 5.41 Å². The van der Waals surface area contributed by atoms with Gasteiger partial charge in [0, 0.05) is 5.41 Å². The van der Waals surface area contributed by atoms with Gasteiger partial charge < -0.3 is 0 Å². The molecule has 0 aromatic heterocycles. The number of nitrogens with zero attached hydrogens (tertiary/aromatic N) is 1. The molecule has 1 atom stereocenters. The molecule has 0 amide bonds. The van der Waals surface area contributed by atoms with E-state index in [1.165, 1.54) is 25.7 Å². The molecule has 1 unspecified atom stereocenters. The monoisotopic (exact) mass is 233 g/mol. The first-order chi connectivity index (χ1) is 8.00. The minimum absolute atomic E-state index is 0.200. The molecule has 2 saturated carbocycles. The lowest BCUT2D eigenvalue weighted by atomic mass is 9.76. The van der Waals surface area contributed by atoms with Gasteiger partial charge in [0.2, 0.25) is 0 Å². The molecule has 2 heteroatoms. The highest BCUT2D eigenvalue weighted by Gasteiger charge is 2.52. The first-order valence-electron chi connectivity index (χ1n) is 6.96. The third-order valence-corrected chi connectivity index (χ3v) is 4.89. The van der Waals surface area contributed by atoms with Crippen LogP contribution in [0.2, 0.25) is 0 Å². The first-order valence-corrected chi connectivity index (χ1v) is 6.96. The fourth-order valence-corrected chi connectivity index (χ4v) is 3.55. The number of rotatable bonds is 3. The molecule has 94 valence electrons. The van der Waals surface area contributed by atoms with Crippen LogP contribution in [0.3, 0.4) is 0 Å². The lowest BCUT2D eigenvalue weighted by Crippen LogP contribution is -2.31. The number of hydrogen-bond acceptors (Lipinski definition) is 2. The molecule has 2 aliphatic rings. The Morgan fingerprint density at radius 2 is 1.94 bits per heavy atom. The smallest absolute Gasteiger partial charge is 0.158 e. The second kappa shape index (κ2) is 4.44. The fraction of sp³-hybridized carbons (Fsp3) is 0.867. The van der Waals surface area contributed by atoms with E-state index in [1.54, 1.807) is 0 Å². The summed E-state index contributed by atoms with van der Waals surface area (Å²) < 4.78 is 0. The van der Waals surface area contributed by atoms with Gasteiger partial charge in [0.15, 0.2) is 5.78 Å². The predicted octanol–water partition coefficient (Wildman–Crippen LogP) is 3.86. The summed E-state index contributed by atoms with van der Waals surface area (Å²) in [7, 11) is 0. The number of nitriles is 1. The average Bonchev–Trinajstić information content (AvgIpc) is 2.88. The molecule has 0 saturated heterocycles. The molecular weight excluding hydrogens is 210 g/mol. The molecule has 2 rings (SSSR count). The highest BCUT2D eigenvalue weighted by molar-refractivity contribution is 5.94.